The van der Waals surface area contributed by atoms with Gasteiger partial charge in [-0.2, -0.15) is 0 Å². The number of hydrogen-bond acceptors (Lipinski definition) is 3. The third-order valence-corrected chi connectivity index (χ3v) is 3.29. The van der Waals surface area contributed by atoms with Crippen LogP contribution >= 0.6 is 23.2 Å². The minimum absolute atomic E-state index is 0.0531. The second-order valence-corrected chi connectivity index (χ2v) is 5.02. The molecule has 0 saturated heterocycles. The summed E-state index contributed by atoms with van der Waals surface area (Å²) in [5.74, 6) is -0.0531. The molecule has 0 bridgehead atoms. The molecule has 2 rings (SSSR count). The fourth-order valence-corrected chi connectivity index (χ4v) is 2.25. The quantitative estimate of drug-likeness (QED) is 0.795. The number of rotatable bonds is 5. The Morgan fingerprint density at radius 1 is 1.37 bits per heavy atom. The molecule has 2 aromatic rings. The maximum absolute atomic E-state index is 12.2. The average Bonchev–Trinajstić information content (AvgIpc) is 2.81. The lowest BCUT2D eigenvalue weighted by Gasteiger charge is -2.06. The van der Waals surface area contributed by atoms with Crippen molar-refractivity contribution in [2.45, 2.75) is 26.3 Å². The minimum atomic E-state index is -0.0531. The van der Waals surface area contributed by atoms with Crippen LogP contribution in [0.5, 0.6) is 0 Å². The maximum atomic E-state index is 12.2. The van der Waals surface area contributed by atoms with E-state index in [4.69, 9.17) is 23.2 Å². The van der Waals surface area contributed by atoms with Gasteiger partial charge in [-0.25, -0.2) is 4.68 Å². The van der Waals surface area contributed by atoms with E-state index in [-0.39, 0.29) is 12.2 Å². The summed E-state index contributed by atoms with van der Waals surface area (Å²) in [6, 6.07) is 5.11. The van der Waals surface area contributed by atoms with Crippen molar-refractivity contribution < 1.29 is 4.79 Å². The fraction of sp³-hybridized carbons (Fsp3) is 0.308. The molecule has 0 N–H and O–H groups in total. The van der Waals surface area contributed by atoms with Gasteiger partial charge in [-0.05, 0) is 24.1 Å². The van der Waals surface area contributed by atoms with E-state index in [0.717, 1.165) is 12.0 Å². The summed E-state index contributed by atoms with van der Waals surface area (Å²) >= 11 is 11.9. The minimum Gasteiger partial charge on any atom is -0.292 e. The molecular weight excluding hydrogens is 285 g/mol. The van der Waals surface area contributed by atoms with Crippen LogP contribution in [0.15, 0.2) is 24.4 Å². The lowest BCUT2D eigenvalue weighted by atomic mass is 10.1. The number of ketones is 1. The van der Waals surface area contributed by atoms with Crippen molar-refractivity contribution >= 4 is 29.0 Å². The lowest BCUT2D eigenvalue weighted by molar-refractivity contribution is 0.0982. The molecule has 1 aromatic carbocycles. The van der Waals surface area contributed by atoms with Crippen LogP contribution in [0, 0.1) is 0 Å². The highest BCUT2D eigenvalue weighted by atomic mass is 35.5. The smallest absolute Gasteiger partial charge is 0.186 e. The Hall–Kier alpha value is -1.39. The van der Waals surface area contributed by atoms with Crippen molar-refractivity contribution in [2.75, 3.05) is 0 Å². The molecule has 1 heterocycles. The first kappa shape index (κ1) is 14.0. The van der Waals surface area contributed by atoms with Crippen molar-refractivity contribution in [3.8, 4) is 0 Å². The van der Waals surface area contributed by atoms with Crippen molar-refractivity contribution in [1.29, 1.82) is 0 Å². The third-order valence-electron chi connectivity index (χ3n) is 2.70. The number of aryl methyl sites for hydroxylation is 1. The molecule has 0 aliphatic heterocycles. The Kier molecular flexibility index (Phi) is 4.56. The van der Waals surface area contributed by atoms with Gasteiger partial charge in [0.05, 0.1) is 6.20 Å². The fourth-order valence-electron chi connectivity index (χ4n) is 1.78. The van der Waals surface area contributed by atoms with Gasteiger partial charge in [0.2, 0.25) is 0 Å². The third kappa shape index (κ3) is 3.33. The number of carbonyl (C=O) groups is 1. The Labute approximate surface area is 121 Å². The van der Waals surface area contributed by atoms with Gasteiger partial charge in [-0.15, -0.1) is 5.10 Å². The number of aromatic nitrogens is 3. The van der Waals surface area contributed by atoms with Crippen molar-refractivity contribution in [2.24, 2.45) is 0 Å². The summed E-state index contributed by atoms with van der Waals surface area (Å²) in [5, 5.41) is 8.73. The Morgan fingerprint density at radius 3 is 2.84 bits per heavy atom. The largest absolute Gasteiger partial charge is 0.292 e. The topological polar surface area (TPSA) is 47.8 Å². The van der Waals surface area contributed by atoms with Crippen LogP contribution in [0.1, 0.15) is 29.4 Å². The molecule has 1 aromatic heterocycles. The molecule has 0 aliphatic rings. The highest BCUT2D eigenvalue weighted by Crippen LogP contribution is 2.22. The molecule has 0 saturated carbocycles. The van der Waals surface area contributed by atoms with Gasteiger partial charge in [0.25, 0.3) is 0 Å². The van der Waals surface area contributed by atoms with Crippen LogP contribution in [-0.4, -0.2) is 20.8 Å². The summed E-state index contributed by atoms with van der Waals surface area (Å²) in [5.41, 5.74) is 1.26. The van der Waals surface area contributed by atoms with Crippen molar-refractivity contribution in [3.63, 3.8) is 0 Å². The number of halogens is 2. The number of Topliss-reactive ketones (excluding diaryl/α,β-unsaturated/α-hetero) is 1. The molecule has 19 heavy (non-hydrogen) atoms. The van der Waals surface area contributed by atoms with E-state index in [1.54, 1.807) is 22.9 Å². The first-order chi connectivity index (χ1) is 9.11. The SMILES string of the molecule is CCCn1nncc1C(=O)Cc1ccc(Cl)cc1Cl. The number of carbonyl (C=O) groups excluding carboxylic acids is 1. The van der Waals surface area contributed by atoms with Gasteiger partial charge in [-0.1, -0.05) is 41.4 Å². The summed E-state index contributed by atoms with van der Waals surface area (Å²) in [7, 11) is 0. The van der Waals surface area contributed by atoms with Gasteiger partial charge < -0.3 is 0 Å². The van der Waals surface area contributed by atoms with E-state index in [1.165, 1.54) is 6.20 Å². The number of benzene rings is 1. The molecule has 6 heteroatoms. The van der Waals surface area contributed by atoms with Crippen LogP contribution in [-0.2, 0) is 13.0 Å². The maximum Gasteiger partial charge on any atom is 0.186 e. The van der Waals surface area contributed by atoms with Crippen molar-refractivity contribution in [1.82, 2.24) is 15.0 Å². The second-order valence-electron chi connectivity index (χ2n) is 4.18. The summed E-state index contributed by atoms with van der Waals surface area (Å²) < 4.78 is 1.62. The molecule has 0 unspecified atom stereocenters. The molecule has 0 aliphatic carbocycles. The van der Waals surface area contributed by atoms with E-state index < -0.39 is 0 Å². The summed E-state index contributed by atoms with van der Waals surface area (Å²) in [6.07, 6.45) is 2.60. The first-order valence-corrected chi connectivity index (χ1v) is 6.73. The van der Waals surface area contributed by atoms with Gasteiger partial charge in [0.1, 0.15) is 5.69 Å². The normalized spacial score (nSPS) is 10.7. The molecule has 4 nitrogen and oxygen atoms in total. The number of hydrogen-bond donors (Lipinski definition) is 0. The van der Waals surface area contributed by atoms with E-state index in [9.17, 15) is 4.79 Å². The highest BCUT2D eigenvalue weighted by Gasteiger charge is 2.15. The standard InChI is InChI=1S/C13H13Cl2N3O/c1-2-5-18-12(8-16-17-18)13(19)6-9-3-4-10(14)7-11(9)15/h3-4,7-8H,2,5-6H2,1H3. The van der Waals surface area contributed by atoms with E-state index >= 15 is 0 Å². The van der Waals surface area contributed by atoms with Gasteiger partial charge in [-0.3, -0.25) is 4.79 Å². The van der Waals surface area contributed by atoms with Gasteiger partial charge in [0, 0.05) is 23.0 Å². The molecule has 0 amide bonds. The van der Waals surface area contributed by atoms with Crippen LogP contribution in [0.4, 0.5) is 0 Å². The zero-order chi connectivity index (χ0) is 13.8. The summed E-state index contributed by atoms with van der Waals surface area (Å²) in [6.45, 7) is 2.70. The summed E-state index contributed by atoms with van der Waals surface area (Å²) in [4.78, 5) is 12.2. The van der Waals surface area contributed by atoms with Crippen molar-refractivity contribution in [3.05, 3.63) is 45.7 Å². The van der Waals surface area contributed by atoms with Crippen LogP contribution < -0.4 is 0 Å². The van der Waals surface area contributed by atoms with E-state index in [1.807, 2.05) is 6.92 Å². The Morgan fingerprint density at radius 2 is 2.16 bits per heavy atom. The van der Waals surface area contributed by atoms with Crippen LogP contribution in [0.2, 0.25) is 10.0 Å². The van der Waals surface area contributed by atoms with E-state index in [0.29, 0.717) is 22.3 Å². The molecule has 100 valence electrons. The number of nitrogens with zero attached hydrogens (tertiary/aromatic N) is 3. The van der Waals surface area contributed by atoms with E-state index in [2.05, 4.69) is 10.3 Å². The average molecular weight is 298 g/mol. The lowest BCUT2D eigenvalue weighted by Crippen LogP contribution is -2.12. The molecule has 0 radical (unpaired) electrons. The second kappa shape index (κ2) is 6.17. The highest BCUT2D eigenvalue weighted by molar-refractivity contribution is 6.35. The molecule has 0 fully saturated rings. The zero-order valence-electron chi connectivity index (χ0n) is 10.4. The zero-order valence-corrected chi connectivity index (χ0v) is 11.9. The van der Waals surface area contributed by atoms with Crippen LogP contribution in [0.25, 0.3) is 0 Å². The predicted octanol–water partition coefficient (Wildman–Crippen LogP) is 3.42. The molecule has 0 atom stereocenters. The Balaban J connectivity index is 2.18. The van der Waals surface area contributed by atoms with Gasteiger partial charge >= 0.3 is 0 Å². The molecular formula is C13H13Cl2N3O. The predicted molar refractivity (Wildman–Crippen MR) is 74.8 cm³/mol. The first-order valence-electron chi connectivity index (χ1n) is 5.97. The van der Waals surface area contributed by atoms with Crippen LogP contribution in [0.3, 0.4) is 0 Å². The monoisotopic (exact) mass is 297 g/mol. The molecule has 0 spiro atoms. The van der Waals surface area contributed by atoms with Gasteiger partial charge in [0.15, 0.2) is 5.78 Å². The Bertz CT molecular complexity index is 595.